The van der Waals surface area contributed by atoms with Crippen LogP contribution in [0, 0.1) is 0 Å². The van der Waals surface area contributed by atoms with E-state index in [1.54, 1.807) is 5.12 Å². The van der Waals surface area contributed by atoms with Crippen LogP contribution in [0.3, 0.4) is 0 Å². The first kappa shape index (κ1) is 16.9. The number of amidine groups is 1. The number of benzene rings is 3. The average Bonchev–Trinajstić information content (AvgIpc) is 3.34. The van der Waals surface area contributed by atoms with Crippen molar-refractivity contribution in [1.82, 2.24) is 10.4 Å². The third kappa shape index (κ3) is 3.07. The van der Waals surface area contributed by atoms with Crippen LogP contribution < -0.4 is 15.7 Å². The lowest BCUT2D eigenvalue weighted by molar-refractivity contribution is 0.586. The van der Waals surface area contributed by atoms with E-state index in [0.717, 1.165) is 22.5 Å². The van der Waals surface area contributed by atoms with Gasteiger partial charge in [-0.15, -0.1) is 17.5 Å². The molecular weight excluding hydrogens is 362 g/mol. The molecule has 0 saturated heterocycles. The Bertz CT molecular complexity index is 1050. The molecule has 0 unspecified atom stereocenters. The van der Waals surface area contributed by atoms with Crippen molar-refractivity contribution in [1.29, 1.82) is 0 Å². The number of hydrogen-bond acceptors (Lipinski definition) is 6. The Labute approximate surface area is 162 Å². The average molecular weight is 378 g/mol. The van der Waals surface area contributed by atoms with Gasteiger partial charge in [-0.2, -0.15) is 10.2 Å². The van der Waals surface area contributed by atoms with E-state index in [2.05, 4.69) is 10.4 Å². The second-order valence-corrected chi connectivity index (χ2v) is 5.82. The van der Waals surface area contributed by atoms with Crippen molar-refractivity contribution in [2.24, 2.45) is 5.10 Å². The van der Waals surface area contributed by atoms with Gasteiger partial charge in [0.05, 0.1) is 11.4 Å². The molecule has 0 atom stereocenters. The molecule has 6 nitrogen and oxygen atoms in total. The minimum Gasteiger partial charge on any atom is -0.434 e. The first-order valence-corrected chi connectivity index (χ1v) is 8.30. The number of aromatic nitrogens is 1. The summed E-state index contributed by atoms with van der Waals surface area (Å²) in [4.78, 5) is 4.54. The molecule has 0 bridgehead atoms. The Kier molecular flexibility index (Phi) is 4.40. The summed E-state index contributed by atoms with van der Waals surface area (Å²) in [5.74, 6) is 1.000. The van der Waals surface area contributed by atoms with E-state index in [0.29, 0.717) is 11.7 Å². The van der Waals surface area contributed by atoms with Gasteiger partial charge in [0, 0.05) is 0 Å². The molecule has 1 aromatic heterocycles. The summed E-state index contributed by atoms with van der Waals surface area (Å²) >= 11 is 0. The zero-order valence-electron chi connectivity index (χ0n) is 14.2. The second-order valence-electron chi connectivity index (χ2n) is 5.82. The summed E-state index contributed by atoms with van der Waals surface area (Å²) in [5, 5.41) is 8.34. The number of hydrazine groups is 2. The van der Waals surface area contributed by atoms with Crippen molar-refractivity contribution in [3.8, 4) is 0 Å². The highest BCUT2D eigenvalue weighted by atomic mass is 35.5. The van der Waals surface area contributed by atoms with E-state index in [4.69, 9.17) is 9.52 Å². The Balaban J connectivity index is 0.00000180. The van der Waals surface area contributed by atoms with Crippen molar-refractivity contribution in [2.45, 2.75) is 0 Å². The Morgan fingerprint density at radius 2 is 1.37 bits per heavy atom. The van der Waals surface area contributed by atoms with Crippen molar-refractivity contribution >= 4 is 40.7 Å². The van der Waals surface area contributed by atoms with E-state index in [-0.39, 0.29) is 12.4 Å². The first-order chi connectivity index (χ1) is 12.9. The number of halogens is 1. The lowest BCUT2D eigenvalue weighted by atomic mass is 10.3. The molecule has 1 N–H and O–H groups in total. The van der Waals surface area contributed by atoms with Crippen molar-refractivity contribution < 1.29 is 4.42 Å². The van der Waals surface area contributed by atoms with E-state index in [1.165, 1.54) is 0 Å². The predicted octanol–water partition coefficient (Wildman–Crippen LogP) is 4.36. The molecule has 0 spiro atoms. The van der Waals surface area contributed by atoms with E-state index in [1.807, 2.05) is 90.0 Å². The molecule has 0 fully saturated rings. The Hall–Kier alpha value is -3.51. The maximum Gasteiger partial charge on any atom is 0.267 e. The zero-order chi connectivity index (χ0) is 17.3. The molecule has 3 aromatic carbocycles. The van der Waals surface area contributed by atoms with Crippen LogP contribution >= 0.6 is 12.4 Å². The standard InChI is InChI=1S/C20H15N5O.ClH/c1-3-9-15(10-4-1)24-22-19(23-25(24)16-11-5-2-6-12-16)20-21-17-13-7-8-14-18(17)26-20;/h1-14H,(H,22,23);1H. The van der Waals surface area contributed by atoms with Crippen LogP contribution in [-0.4, -0.2) is 10.8 Å². The number of anilines is 2. The molecule has 0 saturated carbocycles. The fraction of sp³-hybridized carbons (Fsp3) is 0. The number of hydrazone groups is 1. The summed E-state index contributed by atoms with van der Waals surface area (Å²) in [5.41, 5.74) is 6.70. The quantitative estimate of drug-likeness (QED) is 0.575. The smallest absolute Gasteiger partial charge is 0.267 e. The zero-order valence-corrected chi connectivity index (χ0v) is 15.0. The lowest BCUT2D eigenvalue weighted by Gasteiger charge is -2.27. The van der Waals surface area contributed by atoms with Crippen LogP contribution in [0.15, 0.2) is 94.4 Å². The number of oxazole rings is 1. The number of nitrogens with zero attached hydrogens (tertiary/aromatic N) is 4. The number of hydrogen-bond donors (Lipinski definition) is 1. The highest BCUT2D eigenvalue weighted by Crippen LogP contribution is 2.26. The first-order valence-electron chi connectivity index (χ1n) is 8.30. The summed E-state index contributed by atoms with van der Waals surface area (Å²) in [6, 6.07) is 27.6. The van der Waals surface area contributed by atoms with E-state index < -0.39 is 0 Å². The van der Waals surface area contributed by atoms with Crippen LogP contribution in [-0.2, 0) is 0 Å². The van der Waals surface area contributed by atoms with Gasteiger partial charge < -0.3 is 4.42 Å². The molecule has 4 aromatic rings. The van der Waals surface area contributed by atoms with Crippen molar-refractivity contribution in [3.05, 3.63) is 90.8 Å². The third-order valence-electron chi connectivity index (χ3n) is 4.08. The summed E-state index contributed by atoms with van der Waals surface area (Å²) < 4.78 is 5.86. The largest absolute Gasteiger partial charge is 0.434 e. The topological polar surface area (TPSA) is 56.9 Å². The second kappa shape index (κ2) is 7.01. The monoisotopic (exact) mass is 377 g/mol. The van der Waals surface area contributed by atoms with Crippen LogP contribution in [0.25, 0.3) is 11.1 Å². The molecule has 2 heterocycles. The fourth-order valence-electron chi connectivity index (χ4n) is 2.85. The number of nitrogens with one attached hydrogen (secondary N) is 1. The molecule has 0 aliphatic carbocycles. The predicted molar refractivity (Wildman–Crippen MR) is 109 cm³/mol. The van der Waals surface area contributed by atoms with Gasteiger partial charge in [0.25, 0.3) is 5.89 Å². The van der Waals surface area contributed by atoms with E-state index >= 15 is 0 Å². The summed E-state index contributed by atoms with van der Waals surface area (Å²) in [7, 11) is 0. The lowest BCUT2D eigenvalue weighted by Crippen LogP contribution is -2.44. The van der Waals surface area contributed by atoms with Crippen LogP contribution in [0.4, 0.5) is 11.4 Å². The highest BCUT2D eigenvalue weighted by Gasteiger charge is 2.28. The van der Waals surface area contributed by atoms with E-state index in [9.17, 15) is 0 Å². The molecule has 0 amide bonds. The molecule has 5 rings (SSSR count). The maximum atomic E-state index is 5.86. The third-order valence-corrected chi connectivity index (χ3v) is 4.08. The number of para-hydroxylation sites is 4. The molecule has 134 valence electrons. The van der Waals surface area contributed by atoms with Gasteiger partial charge in [-0.05, 0) is 36.4 Å². The maximum absolute atomic E-state index is 5.86. The molecular formula is C20H16ClN5O. The minimum absolute atomic E-state index is 0. The Morgan fingerprint density at radius 1 is 0.741 bits per heavy atom. The summed E-state index contributed by atoms with van der Waals surface area (Å²) in [6.07, 6.45) is 0. The van der Waals surface area contributed by atoms with Gasteiger partial charge in [0.2, 0.25) is 5.84 Å². The van der Waals surface area contributed by atoms with Gasteiger partial charge in [0.15, 0.2) is 5.58 Å². The number of fused-ring (bicyclic) bond motifs is 1. The molecule has 1 aliphatic heterocycles. The normalized spacial score (nSPS) is 13.3. The molecule has 1 aliphatic rings. The highest BCUT2D eigenvalue weighted by molar-refractivity contribution is 6.00. The van der Waals surface area contributed by atoms with Gasteiger partial charge in [0.1, 0.15) is 5.52 Å². The fourth-order valence-corrected chi connectivity index (χ4v) is 2.85. The Morgan fingerprint density at radius 3 is 2.07 bits per heavy atom. The van der Waals surface area contributed by atoms with Crippen LogP contribution in [0.1, 0.15) is 5.89 Å². The van der Waals surface area contributed by atoms with Gasteiger partial charge in [-0.1, -0.05) is 48.5 Å². The van der Waals surface area contributed by atoms with Gasteiger partial charge >= 0.3 is 0 Å². The number of rotatable bonds is 3. The van der Waals surface area contributed by atoms with Crippen molar-refractivity contribution in [2.75, 3.05) is 10.2 Å². The van der Waals surface area contributed by atoms with Crippen molar-refractivity contribution in [3.63, 3.8) is 0 Å². The molecule has 7 heteroatoms. The SMILES string of the molecule is Cl.c1ccc(N2N=C(c3nc4ccccc4o3)NN2c2ccccc2)cc1. The summed E-state index contributed by atoms with van der Waals surface area (Å²) in [6.45, 7) is 0. The van der Waals surface area contributed by atoms with Crippen LogP contribution in [0.5, 0.6) is 0 Å². The minimum atomic E-state index is 0. The van der Waals surface area contributed by atoms with Gasteiger partial charge in [-0.3, -0.25) is 5.43 Å². The molecule has 27 heavy (non-hydrogen) atoms. The van der Waals surface area contributed by atoms with Crippen LogP contribution in [0.2, 0.25) is 0 Å². The molecule has 0 radical (unpaired) electrons. The van der Waals surface area contributed by atoms with Gasteiger partial charge in [-0.25, -0.2) is 4.98 Å².